The zero-order chi connectivity index (χ0) is 18.0. The molecular formula is C12H28N6O4Si. The van der Waals surface area contributed by atoms with Gasteiger partial charge in [0.2, 0.25) is 0 Å². The molecule has 1 aromatic heterocycles. The predicted molar refractivity (Wildman–Crippen MR) is 85.6 cm³/mol. The molecule has 0 saturated heterocycles. The van der Waals surface area contributed by atoms with Gasteiger partial charge in [-0.1, -0.05) is 32.9 Å². The lowest BCUT2D eigenvalue weighted by Gasteiger charge is -2.40. The molecule has 1 aliphatic heterocycles. The zero-order valence-electron chi connectivity index (χ0n) is 14.1. The highest BCUT2D eigenvalue weighted by Gasteiger charge is 2.50. The highest BCUT2D eigenvalue weighted by molar-refractivity contribution is 6.46. The number of nitrogens with one attached hydrogen (secondary N) is 2. The Bertz CT molecular complexity index is 406. The van der Waals surface area contributed by atoms with E-state index in [0.29, 0.717) is 0 Å². The quantitative estimate of drug-likeness (QED) is 0.426. The first-order valence-corrected chi connectivity index (χ1v) is 9.36. The van der Waals surface area contributed by atoms with Crippen LogP contribution in [0.3, 0.4) is 0 Å². The van der Waals surface area contributed by atoms with Gasteiger partial charge in [0, 0.05) is 0 Å². The van der Waals surface area contributed by atoms with Gasteiger partial charge >= 0.3 is 9.05 Å². The third-order valence-corrected chi connectivity index (χ3v) is 4.10. The van der Waals surface area contributed by atoms with Gasteiger partial charge in [0.1, 0.15) is 18.2 Å². The highest BCUT2D eigenvalue weighted by atomic mass is 28.4. The minimum absolute atomic E-state index is 0.0382. The minimum Gasteiger partial charge on any atom is -0.368 e. The van der Waals surface area contributed by atoms with Crippen molar-refractivity contribution >= 4 is 9.05 Å². The second-order valence-corrected chi connectivity index (χ2v) is 6.29. The molecule has 0 bridgehead atoms. The molecule has 23 heavy (non-hydrogen) atoms. The van der Waals surface area contributed by atoms with Gasteiger partial charge in [0.15, 0.2) is 0 Å². The van der Waals surface area contributed by atoms with Crippen LogP contribution in [-0.2, 0) is 0 Å². The van der Waals surface area contributed by atoms with E-state index in [1.54, 1.807) is 0 Å². The molecule has 0 atom stereocenters. The van der Waals surface area contributed by atoms with E-state index in [1.165, 1.54) is 12.7 Å². The van der Waals surface area contributed by atoms with Crippen LogP contribution in [0.1, 0.15) is 53.4 Å². The van der Waals surface area contributed by atoms with Crippen molar-refractivity contribution < 1.29 is 19.2 Å². The normalized spacial score (nSPS) is 17.4. The number of hydrogen-bond acceptors (Lipinski definition) is 9. The maximum Gasteiger partial charge on any atom is 0.668 e. The van der Waals surface area contributed by atoms with Crippen LogP contribution in [0.2, 0.25) is 0 Å². The van der Waals surface area contributed by atoms with Gasteiger partial charge in [-0.25, -0.2) is 4.98 Å². The topological polar surface area (TPSA) is 159 Å². The Balaban J connectivity index is 0.000000396. The fraction of sp³-hybridized carbons (Fsp3) is 0.833. The van der Waals surface area contributed by atoms with E-state index in [-0.39, 0.29) is 11.1 Å². The molecule has 0 amide bonds. The molecule has 11 heteroatoms. The maximum absolute atomic E-state index is 7.33. The molecular weight excluding hydrogens is 320 g/mol. The van der Waals surface area contributed by atoms with Gasteiger partial charge in [-0.05, 0) is 25.7 Å². The Morgan fingerprint density at radius 2 is 1.48 bits per heavy atom. The molecule has 0 spiro atoms. The molecule has 0 aromatic carbocycles. The van der Waals surface area contributed by atoms with Crippen LogP contribution >= 0.6 is 0 Å². The average Bonchev–Trinajstić information content (AvgIpc) is 3.17. The summed E-state index contributed by atoms with van der Waals surface area (Å²) in [7, 11) is -4.61. The van der Waals surface area contributed by atoms with Crippen molar-refractivity contribution in [3.63, 3.8) is 0 Å². The zero-order valence-corrected chi connectivity index (χ0v) is 15.1. The highest BCUT2D eigenvalue weighted by Crippen LogP contribution is 2.41. The van der Waals surface area contributed by atoms with E-state index in [2.05, 4.69) is 58.6 Å². The van der Waals surface area contributed by atoms with Crippen molar-refractivity contribution in [3.05, 3.63) is 12.7 Å². The Kier molecular flexibility index (Phi) is 9.08. The molecule has 2 heterocycles. The summed E-state index contributed by atoms with van der Waals surface area (Å²) in [6.45, 7) is 8.84. The van der Waals surface area contributed by atoms with Gasteiger partial charge in [-0.3, -0.25) is 10.5 Å². The summed E-state index contributed by atoms with van der Waals surface area (Å²) < 4.78 is 0. The monoisotopic (exact) mass is 348 g/mol. The lowest BCUT2D eigenvalue weighted by molar-refractivity contribution is 0.117. The molecule has 1 aromatic rings. The molecule has 6 N–H and O–H groups in total. The average molecular weight is 348 g/mol. The van der Waals surface area contributed by atoms with E-state index < -0.39 is 9.05 Å². The van der Waals surface area contributed by atoms with Crippen molar-refractivity contribution in [3.8, 4) is 0 Å². The van der Waals surface area contributed by atoms with Crippen molar-refractivity contribution in [2.75, 3.05) is 0 Å². The first-order valence-electron chi connectivity index (χ1n) is 7.57. The van der Waals surface area contributed by atoms with Crippen LogP contribution in [0, 0.1) is 0 Å². The summed E-state index contributed by atoms with van der Waals surface area (Å²) in [4.78, 5) is 32.9. The smallest absolute Gasteiger partial charge is 0.368 e. The number of aromatic amines is 1. The lowest BCUT2D eigenvalue weighted by Crippen LogP contribution is -2.55. The fourth-order valence-electron chi connectivity index (χ4n) is 2.72. The molecule has 2 rings (SSSR count). The molecule has 0 radical (unpaired) electrons. The van der Waals surface area contributed by atoms with E-state index in [9.17, 15) is 0 Å². The Morgan fingerprint density at radius 1 is 0.957 bits per heavy atom. The molecule has 134 valence electrons. The summed E-state index contributed by atoms with van der Waals surface area (Å²) in [5.74, 6) is 0. The number of rotatable bonds is 4. The van der Waals surface area contributed by atoms with E-state index in [0.717, 1.165) is 25.7 Å². The van der Waals surface area contributed by atoms with Crippen LogP contribution in [0.25, 0.3) is 0 Å². The molecule has 1 aliphatic rings. The van der Waals surface area contributed by atoms with Crippen LogP contribution < -0.4 is 5.43 Å². The summed E-state index contributed by atoms with van der Waals surface area (Å²) in [5, 5.41) is 14.4. The third kappa shape index (κ3) is 6.70. The van der Waals surface area contributed by atoms with E-state index in [4.69, 9.17) is 19.2 Å². The standard InChI is InChI=1S/C10H21N3.C2H3N3.H4O4Si/c1-5-9(6-2)10(7-3,8-4)12-13-11-9;1-3-2-5-4-1;1-5(2,3)4/h5-8H2,1-4H3,(H,11,12);1-2H,(H,3,4,5);1-4H. The minimum atomic E-state index is -4.61. The van der Waals surface area contributed by atoms with E-state index in [1.807, 2.05) is 0 Å². The Morgan fingerprint density at radius 3 is 1.70 bits per heavy atom. The molecule has 10 nitrogen and oxygen atoms in total. The van der Waals surface area contributed by atoms with Crippen LogP contribution in [-0.4, -0.2) is 54.5 Å². The number of H-pyrrole nitrogens is 1. The summed E-state index contributed by atoms with van der Waals surface area (Å²) in [5.41, 5.74) is 3.37. The number of aromatic nitrogens is 3. The lowest BCUT2D eigenvalue weighted by atomic mass is 9.71. The van der Waals surface area contributed by atoms with Crippen molar-refractivity contribution in [1.29, 1.82) is 0 Å². The summed E-state index contributed by atoms with van der Waals surface area (Å²) >= 11 is 0. The third-order valence-electron chi connectivity index (χ3n) is 4.10. The second-order valence-electron chi connectivity index (χ2n) is 5.09. The Hall–Kier alpha value is -1.40. The number of nitrogens with zero attached hydrogens (tertiary/aromatic N) is 4. The summed E-state index contributed by atoms with van der Waals surface area (Å²) in [6, 6.07) is 0. The summed E-state index contributed by atoms with van der Waals surface area (Å²) in [6.07, 6.45) is 7.29. The van der Waals surface area contributed by atoms with Crippen LogP contribution in [0.15, 0.2) is 23.0 Å². The first kappa shape index (κ1) is 21.6. The van der Waals surface area contributed by atoms with Crippen molar-refractivity contribution in [2.24, 2.45) is 10.3 Å². The SMILES string of the molecule is CCC1(CC)N=NNC1(CC)CC.O[Si](O)(O)O.c1nc[nH]n1. The van der Waals surface area contributed by atoms with Gasteiger partial charge in [-0.15, -0.1) is 0 Å². The van der Waals surface area contributed by atoms with Crippen LogP contribution in [0.5, 0.6) is 0 Å². The van der Waals surface area contributed by atoms with Gasteiger partial charge in [0.25, 0.3) is 0 Å². The van der Waals surface area contributed by atoms with Crippen molar-refractivity contribution in [1.82, 2.24) is 20.6 Å². The van der Waals surface area contributed by atoms with Gasteiger partial charge in [-0.2, -0.15) is 10.2 Å². The number of hydrogen-bond donors (Lipinski definition) is 6. The molecule has 0 unspecified atom stereocenters. The largest absolute Gasteiger partial charge is 0.668 e. The van der Waals surface area contributed by atoms with Gasteiger partial charge in [0.05, 0.1) is 5.54 Å². The van der Waals surface area contributed by atoms with Crippen molar-refractivity contribution in [2.45, 2.75) is 64.5 Å². The predicted octanol–water partition coefficient (Wildman–Crippen LogP) is 0.270. The van der Waals surface area contributed by atoms with Gasteiger partial charge < -0.3 is 19.2 Å². The second kappa shape index (κ2) is 9.67. The fourth-order valence-corrected chi connectivity index (χ4v) is 2.72. The first-order chi connectivity index (χ1) is 10.7. The maximum atomic E-state index is 7.33. The van der Waals surface area contributed by atoms with E-state index >= 15 is 0 Å². The molecule has 0 saturated carbocycles. The molecule has 0 fully saturated rings. The Labute approximate surface area is 137 Å². The van der Waals surface area contributed by atoms with Crippen LogP contribution in [0.4, 0.5) is 0 Å². The molecule has 0 aliphatic carbocycles.